The number of aromatic carboxylic acids is 1. The van der Waals surface area contributed by atoms with Gasteiger partial charge in [0, 0.05) is 6.54 Å². The first-order valence-electron chi connectivity index (χ1n) is 6.68. The van der Waals surface area contributed by atoms with Crippen molar-refractivity contribution in [3.8, 4) is 0 Å². The number of carboxylic acids is 1. The summed E-state index contributed by atoms with van der Waals surface area (Å²) in [7, 11) is 0. The average molecular weight is 279 g/mol. The number of carboxylic acid groups (broad SMARTS) is 1. The molecule has 0 fully saturated rings. The molecule has 0 aliphatic heterocycles. The molecule has 0 saturated heterocycles. The topological polar surface area (TPSA) is 77.8 Å². The van der Waals surface area contributed by atoms with Crippen molar-refractivity contribution in [1.82, 2.24) is 4.90 Å². The summed E-state index contributed by atoms with van der Waals surface area (Å²) in [5.74, 6) is -1.41. The molecular formula is C15H21NO4. The molecule has 1 aromatic rings. The first-order chi connectivity index (χ1) is 9.43. The highest BCUT2D eigenvalue weighted by Crippen LogP contribution is 2.17. The van der Waals surface area contributed by atoms with E-state index in [0.717, 1.165) is 0 Å². The van der Waals surface area contributed by atoms with E-state index in [1.54, 1.807) is 12.1 Å². The second-order valence-corrected chi connectivity index (χ2v) is 4.94. The summed E-state index contributed by atoms with van der Waals surface area (Å²) in [6.07, 6.45) is 0. The van der Waals surface area contributed by atoms with Gasteiger partial charge in [0.1, 0.15) is 0 Å². The third-order valence-electron chi connectivity index (χ3n) is 3.35. The lowest BCUT2D eigenvalue weighted by atomic mass is 10.0. The van der Waals surface area contributed by atoms with Crippen LogP contribution in [0.4, 0.5) is 0 Å². The molecule has 5 nitrogen and oxygen atoms in total. The number of nitrogens with zero attached hydrogens (tertiary/aromatic N) is 1. The van der Waals surface area contributed by atoms with Crippen molar-refractivity contribution in [3.63, 3.8) is 0 Å². The van der Waals surface area contributed by atoms with Gasteiger partial charge in [-0.2, -0.15) is 0 Å². The SMILES string of the molecule is CCN(C(=O)c1ccccc1C(=O)O)C(CO)C(C)C. The zero-order valence-corrected chi connectivity index (χ0v) is 12.0. The summed E-state index contributed by atoms with van der Waals surface area (Å²) in [5.41, 5.74) is 0.136. The van der Waals surface area contributed by atoms with E-state index in [1.807, 2.05) is 20.8 Å². The Morgan fingerprint density at radius 1 is 1.20 bits per heavy atom. The van der Waals surface area contributed by atoms with Crippen LogP contribution in [0.15, 0.2) is 24.3 Å². The fraction of sp³-hybridized carbons (Fsp3) is 0.467. The smallest absolute Gasteiger partial charge is 0.336 e. The molecule has 0 aliphatic carbocycles. The molecule has 1 aromatic carbocycles. The van der Waals surface area contributed by atoms with E-state index in [4.69, 9.17) is 5.11 Å². The number of hydrogen-bond acceptors (Lipinski definition) is 3. The third kappa shape index (κ3) is 3.36. The van der Waals surface area contributed by atoms with Crippen LogP contribution in [0.25, 0.3) is 0 Å². The molecule has 110 valence electrons. The summed E-state index contributed by atoms with van der Waals surface area (Å²) < 4.78 is 0. The number of carbonyl (C=O) groups is 2. The summed E-state index contributed by atoms with van der Waals surface area (Å²) in [6.45, 7) is 5.91. The zero-order chi connectivity index (χ0) is 15.3. The molecule has 0 bridgehead atoms. The number of likely N-dealkylation sites (N-methyl/N-ethyl adjacent to an activating group) is 1. The van der Waals surface area contributed by atoms with Gasteiger partial charge in [0.05, 0.1) is 23.8 Å². The van der Waals surface area contributed by atoms with Crippen molar-refractivity contribution in [3.05, 3.63) is 35.4 Å². The van der Waals surface area contributed by atoms with Gasteiger partial charge in [-0.1, -0.05) is 26.0 Å². The Labute approximate surface area is 118 Å². The van der Waals surface area contributed by atoms with Crippen LogP contribution < -0.4 is 0 Å². The maximum Gasteiger partial charge on any atom is 0.336 e. The summed E-state index contributed by atoms with van der Waals surface area (Å²) in [5, 5.41) is 18.6. The minimum atomic E-state index is -1.13. The molecular weight excluding hydrogens is 258 g/mol. The van der Waals surface area contributed by atoms with Crippen LogP contribution in [-0.2, 0) is 0 Å². The Morgan fingerprint density at radius 2 is 1.75 bits per heavy atom. The van der Waals surface area contributed by atoms with Gasteiger partial charge in [0.25, 0.3) is 5.91 Å². The Morgan fingerprint density at radius 3 is 2.15 bits per heavy atom. The van der Waals surface area contributed by atoms with Crippen molar-refractivity contribution < 1.29 is 19.8 Å². The molecule has 0 saturated carbocycles. The monoisotopic (exact) mass is 279 g/mol. The number of aliphatic hydroxyl groups excluding tert-OH is 1. The van der Waals surface area contributed by atoms with Gasteiger partial charge in [0.2, 0.25) is 0 Å². The summed E-state index contributed by atoms with van der Waals surface area (Å²) in [6, 6.07) is 5.81. The minimum Gasteiger partial charge on any atom is -0.478 e. The molecule has 0 spiro atoms. The van der Waals surface area contributed by atoms with E-state index < -0.39 is 5.97 Å². The van der Waals surface area contributed by atoms with E-state index in [0.29, 0.717) is 6.54 Å². The van der Waals surface area contributed by atoms with Crippen molar-refractivity contribution in [2.45, 2.75) is 26.8 Å². The number of benzene rings is 1. The highest BCUT2D eigenvalue weighted by molar-refractivity contribution is 6.04. The number of amides is 1. The van der Waals surface area contributed by atoms with Crippen LogP contribution in [0.3, 0.4) is 0 Å². The normalized spacial score (nSPS) is 12.2. The van der Waals surface area contributed by atoms with E-state index in [-0.39, 0.29) is 35.6 Å². The zero-order valence-electron chi connectivity index (χ0n) is 12.0. The number of aliphatic hydroxyl groups is 1. The van der Waals surface area contributed by atoms with E-state index in [1.165, 1.54) is 17.0 Å². The van der Waals surface area contributed by atoms with Crippen LogP contribution in [-0.4, -0.2) is 46.2 Å². The van der Waals surface area contributed by atoms with Crippen molar-refractivity contribution in [2.75, 3.05) is 13.2 Å². The second-order valence-electron chi connectivity index (χ2n) is 4.94. The minimum absolute atomic E-state index is 0.0172. The van der Waals surface area contributed by atoms with Gasteiger partial charge in [-0.15, -0.1) is 0 Å². The van der Waals surface area contributed by atoms with Crippen molar-refractivity contribution in [1.29, 1.82) is 0 Å². The highest BCUT2D eigenvalue weighted by atomic mass is 16.4. The fourth-order valence-electron chi connectivity index (χ4n) is 2.21. The van der Waals surface area contributed by atoms with Crippen LogP contribution in [0, 0.1) is 5.92 Å². The first kappa shape index (κ1) is 16.2. The van der Waals surface area contributed by atoms with E-state index >= 15 is 0 Å². The molecule has 1 atom stereocenters. The lowest BCUT2D eigenvalue weighted by Crippen LogP contribution is -2.45. The maximum absolute atomic E-state index is 12.6. The van der Waals surface area contributed by atoms with Gasteiger partial charge < -0.3 is 15.1 Å². The Balaban J connectivity index is 3.18. The third-order valence-corrected chi connectivity index (χ3v) is 3.35. The number of rotatable bonds is 6. The van der Waals surface area contributed by atoms with Gasteiger partial charge in [0.15, 0.2) is 0 Å². The second kappa shape index (κ2) is 7.05. The summed E-state index contributed by atoms with van der Waals surface area (Å²) >= 11 is 0. The highest BCUT2D eigenvalue weighted by Gasteiger charge is 2.27. The molecule has 0 aliphatic rings. The van der Waals surface area contributed by atoms with E-state index in [2.05, 4.69) is 0 Å². The Kier molecular flexibility index (Phi) is 5.70. The van der Waals surface area contributed by atoms with Gasteiger partial charge in [-0.05, 0) is 25.0 Å². The molecule has 0 heterocycles. The van der Waals surface area contributed by atoms with Crippen LogP contribution >= 0.6 is 0 Å². The molecule has 20 heavy (non-hydrogen) atoms. The molecule has 2 N–H and O–H groups in total. The Bertz CT molecular complexity index is 485. The average Bonchev–Trinajstić information content (AvgIpc) is 2.43. The quantitative estimate of drug-likeness (QED) is 0.833. The molecule has 1 amide bonds. The predicted molar refractivity (Wildman–Crippen MR) is 75.8 cm³/mol. The van der Waals surface area contributed by atoms with Crippen LogP contribution in [0.1, 0.15) is 41.5 Å². The van der Waals surface area contributed by atoms with Crippen molar-refractivity contribution >= 4 is 11.9 Å². The van der Waals surface area contributed by atoms with E-state index in [9.17, 15) is 14.7 Å². The van der Waals surface area contributed by atoms with Gasteiger partial charge in [-0.25, -0.2) is 4.79 Å². The molecule has 0 aromatic heterocycles. The fourth-order valence-corrected chi connectivity index (χ4v) is 2.21. The standard InChI is InChI=1S/C15H21NO4/c1-4-16(13(9-17)10(2)3)14(18)11-7-5-6-8-12(11)15(19)20/h5-8,10,13,17H,4,9H2,1-3H3,(H,19,20). The van der Waals surface area contributed by atoms with Crippen LogP contribution in [0.2, 0.25) is 0 Å². The van der Waals surface area contributed by atoms with Gasteiger partial charge >= 0.3 is 5.97 Å². The lowest BCUT2D eigenvalue weighted by molar-refractivity contribution is 0.0516. The summed E-state index contributed by atoms with van der Waals surface area (Å²) in [4.78, 5) is 25.3. The molecule has 1 unspecified atom stereocenters. The number of carbonyl (C=O) groups excluding carboxylic acids is 1. The van der Waals surface area contributed by atoms with Crippen LogP contribution in [0.5, 0.6) is 0 Å². The molecule has 1 rings (SSSR count). The molecule has 5 heteroatoms. The maximum atomic E-state index is 12.6. The van der Waals surface area contributed by atoms with Gasteiger partial charge in [-0.3, -0.25) is 4.79 Å². The largest absolute Gasteiger partial charge is 0.478 e. The first-order valence-corrected chi connectivity index (χ1v) is 6.68. The Hall–Kier alpha value is -1.88. The van der Waals surface area contributed by atoms with Crippen molar-refractivity contribution in [2.24, 2.45) is 5.92 Å². The molecule has 0 radical (unpaired) electrons. The lowest BCUT2D eigenvalue weighted by Gasteiger charge is -2.32. The number of hydrogen-bond donors (Lipinski definition) is 2. The predicted octanol–water partition coefficient (Wildman–Crippen LogP) is 1.86.